The Morgan fingerprint density at radius 1 is 1.53 bits per heavy atom. The summed E-state index contributed by atoms with van der Waals surface area (Å²) in [4.78, 5) is 12.1. The van der Waals surface area contributed by atoms with Crippen LogP contribution in [0.4, 0.5) is 0 Å². The second-order valence-corrected chi connectivity index (χ2v) is 4.62. The number of carboxylic acid groups (broad SMARTS) is 1. The number of aromatic carboxylic acids is 1. The van der Waals surface area contributed by atoms with Crippen molar-refractivity contribution < 1.29 is 24.5 Å². The van der Waals surface area contributed by atoms with Crippen molar-refractivity contribution in [3.63, 3.8) is 0 Å². The zero-order valence-electron chi connectivity index (χ0n) is 9.80. The van der Waals surface area contributed by atoms with E-state index in [0.29, 0.717) is 5.75 Å². The Bertz CT molecular complexity index is 374. The van der Waals surface area contributed by atoms with Crippen molar-refractivity contribution in [2.24, 2.45) is 0 Å². The molecule has 17 heavy (non-hydrogen) atoms. The van der Waals surface area contributed by atoms with Gasteiger partial charge in [0.25, 0.3) is 0 Å². The summed E-state index contributed by atoms with van der Waals surface area (Å²) in [5.41, 5.74) is 0. The van der Waals surface area contributed by atoms with Crippen molar-refractivity contribution in [1.82, 2.24) is 0 Å². The van der Waals surface area contributed by atoms with E-state index in [4.69, 9.17) is 14.6 Å². The predicted octanol–water partition coefficient (Wildman–Crippen LogP) is 1.39. The molecular weight excluding hydrogens is 244 g/mol. The van der Waals surface area contributed by atoms with Crippen LogP contribution in [0.2, 0.25) is 0 Å². The molecule has 6 heteroatoms. The molecule has 0 bridgehead atoms. The number of aliphatic hydroxyl groups is 1. The average Bonchev–Trinajstić information content (AvgIpc) is 2.70. The normalized spacial score (nSPS) is 12.4. The number of aryl methyl sites for hydroxylation is 1. The van der Waals surface area contributed by atoms with Gasteiger partial charge in [0.05, 0.1) is 6.61 Å². The Morgan fingerprint density at radius 3 is 2.76 bits per heavy atom. The summed E-state index contributed by atoms with van der Waals surface area (Å²) in [7, 11) is 1.48. The highest BCUT2D eigenvalue weighted by Crippen LogP contribution is 2.29. The van der Waals surface area contributed by atoms with Gasteiger partial charge in [-0.15, -0.1) is 11.3 Å². The second-order valence-electron chi connectivity index (χ2n) is 3.48. The molecule has 2 N–H and O–H groups in total. The Morgan fingerprint density at radius 2 is 2.24 bits per heavy atom. The van der Waals surface area contributed by atoms with Gasteiger partial charge in [-0.1, -0.05) is 6.92 Å². The van der Waals surface area contributed by atoms with E-state index in [0.717, 1.165) is 11.3 Å². The van der Waals surface area contributed by atoms with Crippen molar-refractivity contribution >= 4 is 17.3 Å². The first-order valence-electron chi connectivity index (χ1n) is 5.24. The predicted molar refractivity (Wildman–Crippen MR) is 64.0 cm³/mol. The highest BCUT2D eigenvalue weighted by Gasteiger charge is 2.17. The van der Waals surface area contributed by atoms with Gasteiger partial charge < -0.3 is 19.7 Å². The number of carbonyl (C=O) groups is 1. The molecule has 1 unspecified atom stereocenters. The molecular formula is C11H16O5S. The first-order chi connectivity index (χ1) is 8.08. The van der Waals surface area contributed by atoms with Crippen LogP contribution in [0.5, 0.6) is 5.75 Å². The molecule has 0 aromatic carbocycles. The van der Waals surface area contributed by atoms with Crippen LogP contribution < -0.4 is 4.74 Å². The SMILES string of the molecule is CCc1cc(OCC(O)COC)c(C(=O)O)s1. The number of thiophene rings is 1. The van der Waals surface area contributed by atoms with Gasteiger partial charge in [0.15, 0.2) is 4.88 Å². The monoisotopic (exact) mass is 260 g/mol. The van der Waals surface area contributed by atoms with Gasteiger partial charge in [0.1, 0.15) is 18.5 Å². The van der Waals surface area contributed by atoms with Crippen LogP contribution in [0, 0.1) is 0 Å². The molecule has 0 amide bonds. The zero-order chi connectivity index (χ0) is 12.8. The number of methoxy groups -OCH3 is 1. The molecule has 1 aromatic rings. The third-order valence-corrected chi connectivity index (χ3v) is 3.33. The van der Waals surface area contributed by atoms with Crippen LogP contribution in [0.3, 0.4) is 0 Å². The van der Waals surface area contributed by atoms with Crippen molar-refractivity contribution in [1.29, 1.82) is 0 Å². The van der Waals surface area contributed by atoms with Crippen LogP contribution in [0.15, 0.2) is 6.07 Å². The molecule has 5 nitrogen and oxygen atoms in total. The number of hydrogen-bond acceptors (Lipinski definition) is 5. The van der Waals surface area contributed by atoms with Crippen LogP contribution in [-0.2, 0) is 11.2 Å². The molecule has 0 saturated heterocycles. The molecule has 0 aliphatic heterocycles. The van der Waals surface area contributed by atoms with E-state index in [1.54, 1.807) is 6.07 Å². The summed E-state index contributed by atoms with van der Waals surface area (Å²) in [5, 5.41) is 18.4. The quantitative estimate of drug-likeness (QED) is 0.775. The van der Waals surface area contributed by atoms with Gasteiger partial charge in [-0.2, -0.15) is 0 Å². The fraction of sp³-hybridized carbons (Fsp3) is 0.545. The van der Waals surface area contributed by atoms with Crippen molar-refractivity contribution in [3.05, 3.63) is 15.8 Å². The van der Waals surface area contributed by atoms with Gasteiger partial charge >= 0.3 is 5.97 Å². The Hall–Kier alpha value is -1.11. The molecule has 0 spiro atoms. The molecule has 0 radical (unpaired) electrons. The smallest absolute Gasteiger partial charge is 0.349 e. The first-order valence-corrected chi connectivity index (χ1v) is 6.05. The molecule has 0 aliphatic rings. The maximum atomic E-state index is 11.0. The van der Waals surface area contributed by atoms with E-state index in [2.05, 4.69) is 0 Å². The Labute approximate surface area is 104 Å². The third-order valence-electron chi connectivity index (χ3n) is 2.08. The molecule has 1 rings (SSSR count). The number of carboxylic acids is 1. The lowest BCUT2D eigenvalue weighted by molar-refractivity contribution is 0.0321. The molecule has 0 fully saturated rings. The molecule has 1 heterocycles. The number of aliphatic hydroxyl groups excluding tert-OH is 1. The summed E-state index contributed by atoms with van der Waals surface area (Å²) in [5.74, 6) is -0.694. The Kier molecular flexibility index (Phi) is 5.40. The molecule has 1 atom stereocenters. The first kappa shape index (κ1) is 14.0. The van der Waals surface area contributed by atoms with Crippen LogP contribution >= 0.6 is 11.3 Å². The lowest BCUT2D eigenvalue weighted by Crippen LogP contribution is -2.22. The van der Waals surface area contributed by atoms with E-state index in [1.165, 1.54) is 18.4 Å². The molecule has 1 aromatic heterocycles. The summed E-state index contributed by atoms with van der Waals surface area (Å²) < 4.78 is 10.0. The van der Waals surface area contributed by atoms with E-state index in [1.807, 2.05) is 6.92 Å². The van der Waals surface area contributed by atoms with E-state index >= 15 is 0 Å². The third kappa shape index (κ3) is 3.99. The zero-order valence-corrected chi connectivity index (χ0v) is 10.6. The lowest BCUT2D eigenvalue weighted by atomic mass is 10.3. The van der Waals surface area contributed by atoms with Crippen LogP contribution in [-0.4, -0.2) is 42.6 Å². The minimum absolute atomic E-state index is 0.0218. The summed E-state index contributed by atoms with van der Waals surface area (Å²) in [6.45, 7) is 2.13. The van der Waals surface area contributed by atoms with E-state index in [-0.39, 0.29) is 18.1 Å². The number of ether oxygens (including phenoxy) is 2. The summed E-state index contributed by atoms with van der Waals surface area (Å²) in [6.07, 6.45) is 0.00110. The number of hydrogen-bond donors (Lipinski definition) is 2. The molecule has 0 aliphatic carbocycles. The highest BCUT2D eigenvalue weighted by atomic mass is 32.1. The standard InChI is InChI=1S/C11H16O5S/c1-3-8-4-9(10(17-8)11(13)14)16-6-7(12)5-15-2/h4,7,12H,3,5-6H2,1-2H3,(H,13,14). The van der Waals surface area contributed by atoms with Gasteiger partial charge in [0.2, 0.25) is 0 Å². The molecule has 0 saturated carbocycles. The fourth-order valence-corrected chi connectivity index (χ4v) is 2.16. The van der Waals surface area contributed by atoms with Gasteiger partial charge in [-0.25, -0.2) is 4.79 Å². The largest absolute Gasteiger partial charge is 0.489 e. The minimum Gasteiger partial charge on any atom is -0.489 e. The second kappa shape index (κ2) is 6.58. The van der Waals surface area contributed by atoms with Crippen molar-refractivity contribution in [2.75, 3.05) is 20.3 Å². The van der Waals surface area contributed by atoms with E-state index in [9.17, 15) is 9.90 Å². The topological polar surface area (TPSA) is 76.0 Å². The molecule has 96 valence electrons. The van der Waals surface area contributed by atoms with Crippen molar-refractivity contribution in [3.8, 4) is 5.75 Å². The van der Waals surface area contributed by atoms with E-state index < -0.39 is 12.1 Å². The summed E-state index contributed by atoms with van der Waals surface area (Å²) >= 11 is 1.20. The van der Waals surface area contributed by atoms with Gasteiger partial charge in [-0.3, -0.25) is 0 Å². The summed E-state index contributed by atoms with van der Waals surface area (Å²) in [6, 6.07) is 1.70. The maximum absolute atomic E-state index is 11.0. The van der Waals surface area contributed by atoms with Crippen molar-refractivity contribution in [2.45, 2.75) is 19.4 Å². The lowest BCUT2D eigenvalue weighted by Gasteiger charge is -2.10. The fourth-order valence-electron chi connectivity index (χ4n) is 1.28. The Balaban J connectivity index is 2.68. The highest BCUT2D eigenvalue weighted by molar-refractivity contribution is 7.14. The van der Waals surface area contributed by atoms with Gasteiger partial charge in [-0.05, 0) is 12.5 Å². The number of rotatable bonds is 7. The van der Waals surface area contributed by atoms with Crippen LogP contribution in [0.1, 0.15) is 21.5 Å². The van der Waals surface area contributed by atoms with Crippen LogP contribution in [0.25, 0.3) is 0 Å². The maximum Gasteiger partial charge on any atom is 0.349 e. The van der Waals surface area contributed by atoms with Gasteiger partial charge in [0, 0.05) is 12.0 Å². The average molecular weight is 260 g/mol. The minimum atomic E-state index is -1.01.